The number of esters is 1. The van der Waals surface area contributed by atoms with Gasteiger partial charge in [-0.25, -0.2) is 4.79 Å². The van der Waals surface area contributed by atoms with Gasteiger partial charge >= 0.3 is 5.97 Å². The van der Waals surface area contributed by atoms with Gasteiger partial charge in [0.2, 0.25) is 0 Å². The van der Waals surface area contributed by atoms with Crippen LogP contribution in [0.5, 0.6) is 11.5 Å². The van der Waals surface area contributed by atoms with Gasteiger partial charge in [0.25, 0.3) is 17.7 Å². The number of benzene rings is 2. The topological polar surface area (TPSA) is 111 Å². The number of nitrogens with zero attached hydrogens (tertiary/aromatic N) is 1. The Bertz CT molecular complexity index is 1090. The molecule has 166 valence electrons. The number of methoxy groups -OCH3 is 2. The third-order valence-electron chi connectivity index (χ3n) is 4.79. The fourth-order valence-electron chi connectivity index (χ4n) is 3.17. The first-order valence-corrected chi connectivity index (χ1v) is 9.65. The fraction of sp³-hybridized carbons (Fsp3) is 0.217. The maximum atomic E-state index is 12.4. The van der Waals surface area contributed by atoms with Crippen LogP contribution in [0, 0.1) is 0 Å². The normalized spacial score (nSPS) is 12.2. The van der Waals surface area contributed by atoms with E-state index in [0.717, 1.165) is 10.5 Å². The number of carbonyl (C=O) groups is 4. The Kier molecular flexibility index (Phi) is 6.89. The largest absolute Gasteiger partial charge is 0.493 e. The minimum atomic E-state index is -0.781. The summed E-state index contributed by atoms with van der Waals surface area (Å²) in [4.78, 5) is 50.0. The lowest BCUT2D eigenvalue weighted by molar-refractivity contribution is -0.124. The van der Waals surface area contributed by atoms with Crippen LogP contribution in [0.15, 0.2) is 49.1 Å². The van der Waals surface area contributed by atoms with Crippen molar-refractivity contribution in [3.8, 4) is 11.5 Å². The van der Waals surface area contributed by atoms with Gasteiger partial charge in [0, 0.05) is 13.1 Å². The molecule has 0 fully saturated rings. The van der Waals surface area contributed by atoms with Crippen molar-refractivity contribution in [1.29, 1.82) is 0 Å². The molecule has 32 heavy (non-hydrogen) atoms. The van der Waals surface area contributed by atoms with Crippen molar-refractivity contribution in [1.82, 2.24) is 10.2 Å². The first kappa shape index (κ1) is 22.5. The van der Waals surface area contributed by atoms with Gasteiger partial charge in [-0.15, -0.1) is 6.58 Å². The van der Waals surface area contributed by atoms with Crippen molar-refractivity contribution >= 4 is 23.7 Å². The Hall–Kier alpha value is -4.14. The van der Waals surface area contributed by atoms with Crippen molar-refractivity contribution in [2.75, 3.05) is 27.4 Å². The molecule has 3 amide bonds. The summed E-state index contributed by atoms with van der Waals surface area (Å²) in [5.74, 6) is -1.14. The summed E-state index contributed by atoms with van der Waals surface area (Å²) in [6, 6.07) is 9.28. The molecule has 0 atom stereocenters. The van der Waals surface area contributed by atoms with Gasteiger partial charge in [-0.3, -0.25) is 19.3 Å². The number of amides is 3. The van der Waals surface area contributed by atoms with Gasteiger partial charge in [-0.05, 0) is 35.9 Å². The molecule has 0 bridgehead atoms. The molecule has 0 radical (unpaired) electrons. The predicted molar refractivity (Wildman–Crippen MR) is 114 cm³/mol. The Balaban J connectivity index is 1.56. The quantitative estimate of drug-likeness (QED) is 0.362. The lowest BCUT2D eigenvalue weighted by atomic mass is 10.1. The zero-order valence-corrected chi connectivity index (χ0v) is 17.7. The van der Waals surface area contributed by atoms with Crippen LogP contribution in [0.1, 0.15) is 36.6 Å². The maximum absolute atomic E-state index is 12.4. The molecule has 0 aliphatic carbocycles. The molecule has 0 saturated carbocycles. The van der Waals surface area contributed by atoms with Gasteiger partial charge in [-0.2, -0.15) is 0 Å². The van der Waals surface area contributed by atoms with Crippen LogP contribution in [0.25, 0.3) is 0 Å². The summed E-state index contributed by atoms with van der Waals surface area (Å²) in [6.45, 7) is 3.30. The van der Waals surface area contributed by atoms with Gasteiger partial charge < -0.3 is 19.5 Å². The summed E-state index contributed by atoms with van der Waals surface area (Å²) in [6.07, 6.45) is 1.44. The number of rotatable bonds is 9. The Morgan fingerprint density at radius 1 is 1.00 bits per heavy atom. The van der Waals surface area contributed by atoms with Crippen molar-refractivity contribution < 1.29 is 33.4 Å². The van der Waals surface area contributed by atoms with E-state index in [1.54, 1.807) is 18.2 Å². The monoisotopic (exact) mass is 438 g/mol. The van der Waals surface area contributed by atoms with Crippen LogP contribution < -0.4 is 14.8 Å². The summed E-state index contributed by atoms with van der Waals surface area (Å²) < 4.78 is 15.4. The lowest BCUT2D eigenvalue weighted by Crippen LogP contribution is -2.29. The van der Waals surface area contributed by atoms with Crippen molar-refractivity contribution in [2.45, 2.75) is 6.54 Å². The zero-order valence-electron chi connectivity index (χ0n) is 17.7. The van der Waals surface area contributed by atoms with E-state index < -0.39 is 30.3 Å². The molecular formula is C23H22N2O7. The Morgan fingerprint density at radius 2 is 1.72 bits per heavy atom. The molecule has 0 spiro atoms. The second-order valence-corrected chi connectivity index (χ2v) is 6.81. The van der Waals surface area contributed by atoms with Crippen molar-refractivity contribution in [2.24, 2.45) is 0 Å². The minimum absolute atomic E-state index is 0.0676. The standard InChI is InChI=1S/C23H22N2O7/c1-4-9-25-21(27)16-7-6-15(11-17(16)22(25)28)23(29)32-13-20(26)24-12-14-5-8-18(30-2)19(10-14)31-3/h4-8,10-11H,1,9,12-13H2,2-3H3,(H,24,26). The van der Waals surface area contributed by atoms with Crippen LogP contribution in [0.3, 0.4) is 0 Å². The summed E-state index contributed by atoms with van der Waals surface area (Å²) in [7, 11) is 3.04. The first-order valence-electron chi connectivity index (χ1n) is 9.65. The van der Waals surface area contributed by atoms with Crippen LogP contribution in [-0.2, 0) is 16.1 Å². The SMILES string of the molecule is C=CCN1C(=O)c2ccc(C(=O)OCC(=O)NCc3ccc(OC)c(OC)c3)cc2C1=O. The lowest BCUT2D eigenvalue weighted by Gasteiger charge is -2.10. The third-order valence-corrected chi connectivity index (χ3v) is 4.79. The zero-order chi connectivity index (χ0) is 23.3. The van der Waals surface area contributed by atoms with E-state index in [2.05, 4.69) is 11.9 Å². The second-order valence-electron chi connectivity index (χ2n) is 6.81. The molecular weight excluding hydrogens is 416 g/mol. The number of imide groups is 1. The molecule has 0 unspecified atom stereocenters. The molecule has 0 saturated heterocycles. The predicted octanol–water partition coefficient (Wildman–Crippen LogP) is 1.96. The summed E-state index contributed by atoms with van der Waals surface area (Å²) in [5, 5.41) is 2.64. The van der Waals surface area contributed by atoms with Crippen molar-refractivity contribution in [3.63, 3.8) is 0 Å². The van der Waals surface area contributed by atoms with Crippen LogP contribution in [0.2, 0.25) is 0 Å². The van der Waals surface area contributed by atoms with E-state index in [1.807, 2.05) is 0 Å². The molecule has 2 aromatic carbocycles. The Morgan fingerprint density at radius 3 is 2.41 bits per heavy atom. The third kappa shape index (κ3) is 4.61. The fourth-order valence-corrected chi connectivity index (χ4v) is 3.17. The number of fused-ring (bicyclic) bond motifs is 1. The molecule has 9 nitrogen and oxygen atoms in total. The van der Waals surface area contributed by atoms with Crippen LogP contribution in [-0.4, -0.2) is 56.0 Å². The van der Waals surface area contributed by atoms with E-state index in [9.17, 15) is 19.2 Å². The van der Waals surface area contributed by atoms with E-state index >= 15 is 0 Å². The van der Waals surface area contributed by atoms with E-state index in [4.69, 9.17) is 14.2 Å². The number of carbonyl (C=O) groups excluding carboxylic acids is 4. The highest BCUT2D eigenvalue weighted by atomic mass is 16.5. The van der Waals surface area contributed by atoms with Gasteiger partial charge in [0.05, 0.1) is 30.9 Å². The molecule has 9 heteroatoms. The van der Waals surface area contributed by atoms with Gasteiger partial charge in [0.15, 0.2) is 18.1 Å². The van der Waals surface area contributed by atoms with Gasteiger partial charge in [-0.1, -0.05) is 12.1 Å². The summed E-state index contributed by atoms with van der Waals surface area (Å²) in [5.41, 5.74) is 1.16. The average Bonchev–Trinajstić information content (AvgIpc) is 3.05. The minimum Gasteiger partial charge on any atom is -0.493 e. The number of ether oxygens (including phenoxy) is 3. The maximum Gasteiger partial charge on any atom is 0.338 e. The number of hydrogen-bond acceptors (Lipinski definition) is 7. The van der Waals surface area contributed by atoms with Crippen LogP contribution in [0.4, 0.5) is 0 Å². The summed E-state index contributed by atoms with van der Waals surface area (Å²) >= 11 is 0. The second kappa shape index (κ2) is 9.78. The first-order chi connectivity index (χ1) is 15.4. The molecule has 1 heterocycles. The molecule has 3 rings (SSSR count). The average molecular weight is 438 g/mol. The molecule has 1 aliphatic heterocycles. The number of hydrogen-bond donors (Lipinski definition) is 1. The highest BCUT2D eigenvalue weighted by Gasteiger charge is 2.35. The Labute approximate surface area is 184 Å². The molecule has 2 aromatic rings. The number of nitrogens with one attached hydrogen (secondary N) is 1. The smallest absolute Gasteiger partial charge is 0.338 e. The molecule has 1 N–H and O–H groups in total. The highest BCUT2D eigenvalue weighted by Crippen LogP contribution is 2.27. The van der Waals surface area contributed by atoms with E-state index in [1.165, 1.54) is 38.5 Å². The highest BCUT2D eigenvalue weighted by molar-refractivity contribution is 6.22. The molecule has 1 aliphatic rings. The van der Waals surface area contributed by atoms with Crippen LogP contribution >= 0.6 is 0 Å². The van der Waals surface area contributed by atoms with E-state index in [0.29, 0.717) is 11.5 Å². The molecule has 0 aromatic heterocycles. The van der Waals surface area contributed by atoms with Gasteiger partial charge in [0.1, 0.15) is 0 Å². The van der Waals surface area contributed by atoms with Crippen molar-refractivity contribution in [3.05, 3.63) is 71.3 Å². The van der Waals surface area contributed by atoms with E-state index in [-0.39, 0.29) is 29.8 Å².